The van der Waals surface area contributed by atoms with Crippen molar-refractivity contribution in [3.05, 3.63) is 126 Å². The summed E-state index contributed by atoms with van der Waals surface area (Å²) in [6.45, 7) is 7.16. The van der Waals surface area contributed by atoms with Crippen LogP contribution < -0.4 is 0 Å². The van der Waals surface area contributed by atoms with E-state index >= 15 is 0 Å². The van der Waals surface area contributed by atoms with Crippen LogP contribution >= 0.6 is 0 Å². The first-order valence-corrected chi connectivity index (χ1v) is 14.1. The van der Waals surface area contributed by atoms with Crippen molar-refractivity contribution in [2.75, 3.05) is 0 Å². The molecular formula is C38H30IrNO4-. The number of aliphatic hydroxyl groups is 1. The molecule has 0 saturated carbocycles. The van der Waals surface area contributed by atoms with Crippen LogP contribution in [0.2, 0.25) is 0 Å². The average molecular weight is 757 g/mol. The Balaban J connectivity index is 0.000000433. The number of aliphatic hydroxyl groups excluding tert-OH is 1. The minimum atomic E-state index is -0.125. The molecule has 3 aromatic heterocycles. The second kappa shape index (κ2) is 12.8. The number of pyridine rings is 1. The fraction of sp³-hybridized carbons (Fsp3) is 0.105. The van der Waals surface area contributed by atoms with Crippen molar-refractivity contribution in [3.8, 4) is 33.7 Å². The molecule has 5 nitrogen and oxygen atoms in total. The Morgan fingerprint density at radius 1 is 0.818 bits per heavy atom. The first-order chi connectivity index (χ1) is 20.8. The van der Waals surface area contributed by atoms with Gasteiger partial charge in [0.1, 0.15) is 11.3 Å². The van der Waals surface area contributed by atoms with Gasteiger partial charge in [0.15, 0.2) is 5.78 Å². The Kier molecular flexibility index (Phi) is 8.96. The van der Waals surface area contributed by atoms with Gasteiger partial charge in [0.05, 0.1) is 11.3 Å². The van der Waals surface area contributed by atoms with Crippen LogP contribution in [-0.2, 0) is 24.9 Å². The number of carbonyl (C=O) groups is 1. The van der Waals surface area contributed by atoms with Crippen LogP contribution in [0.1, 0.15) is 25.0 Å². The molecule has 1 radical (unpaired) electrons. The van der Waals surface area contributed by atoms with E-state index in [0.29, 0.717) is 5.71 Å². The summed E-state index contributed by atoms with van der Waals surface area (Å²) in [5.41, 5.74) is 9.94. The quantitative estimate of drug-likeness (QED) is 0.110. The molecule has 0 unspecified atom stereocenters. The van der Waals surface area contributed by atoms with Gasteiger partial charge in [-0.2, -0.15) is 0 Å². The van der Waals surface area contributed by atoms with Crippen molar-refractivity contribution >= 4 is 38.8 Å². The first kappa shape index (κ1) is 30.7. The zero-order valence-corrected chi connectivity index (χ0v) is 27.2. The summed E-state index contributed by atoms with van der Waals surface area (Å²) < 4.78 is 12.4. The molecular weight excluding hydrogens is 727 g/mol. The molecule has 0 fully saturated rings. The maximum Gasteiger partial charge on any atom is 0.217 e. The molecule has 221 valence electrons. The van der Waals surface area contributed by atoms with Gasteiger partial charge in [-0.05, 0) is 67.8 Å². The van der Waals surface area contributed by atoms with Crippen LogP contribution in [0.15, 0.2) is 118 Å². The summed E-state index contributed by atoms with van der Waals surface area (Å²) in [7, 11) is 0. The van der Waals surface area contributed by atoms with E-state index in [0.717, 1.165) is 49.9 Å². The minimum absolute atomic E-state index is 0. The molecule has 0 aliphatic rings. The number of hydrogen-bond donors (Lipinski definition) is 1. The maximum atomic E-state index is 10.0. The monoisotopic (exact) mass is 757 g/mol. The number of fused-ring (bicyclic) bond motifs is 4. The molecule has 0 saturated heterocycles. The number of aromatic nitrogens is 1. The van der Waals surface area contributed by atoms with Gasteiger partial charge in [-0.25, -0.2) is 0 Å². The molecule has 0 aliphatic heterocycles. The van der Waals surface area contributed by atoms with Crippen molar-refractivity contribution in [1.29, 1.82) is 0 Å². The van der Waals surface area contributed by atoms with Crippen molar-refractivity contribution in [3.63, 3.8) is 0 Å². The van der Waals surface area contributed by atoms with E-state index in [4.69, 9.17) is 18.9 Å². The molecule has 0 aliphatic carbocycles. The van der Waals surface area contributed by atoms with Gasteiger partial charge in [-0.1, -0.05) is 83.7 Å². The normalized spacial score (nSPS) is 11.3. The Bertz CT molecular complexity index is 2130. The van der Waals surface area contributed by atoms with Crippen molar-refractivity contribution in [1.82, 2.24) is 4.98 Å². The van der Waals surface area contributed by atoms with E-state index in [2.05, 4.69) is 68.4 Å². The second-order valence-corrected chi connectivity index (χ2v) is 10.6. The molecule has 0 atom stereocenters. The van der Waals surface area contributed by atoms with Gasteiger partial charge >= 0.3 is 0 Å². The maximum absolute atomic E-state index is 10.0. The number of carbonyl (C=O) groups excluding carboxylic acids is 1. The zero-order chi connectivity index (χ0) is 30.1. The van der Waals surface area contributed by atoms with Crippen molar-refractivity contribution in [2.24, 2.45) is 0 Å². The number of allylic oxidation sites excluding steroid dienone is 2. The predicted molar refractivity (Wildman–Crippen MR) is 173 cm³/mol. The Labute approximate surface area is 269 Å². The molecule has 7 rings (SSSR count). The first-order valence-electron chi connectivity index (χ1n) is 14.1. The van der Waals surface area contributed by atoms with Gasteiger partial charge in [0.25, 0.3) is 0 Å². The van der Waals surface area contributed by atoms with E-state index < -0.39 is 0 Å². The van der Waals surface area contributed by atoms with Gasteiger partial charge in [-0.15, -0.1) is 18.2 Å². The number of aryl methyl sites for hydroxylation is 2. The molecule has 0 spiro atoms. The molecule has 44 heavy (non-hydrogen) atoms. The third-order valence-electron chi connectivity index (χ3n) is 7.33. The Morgan fingerprint density at radius 3 is 2.20 bits per heavy atom. The third kappa shape index (κ3) is 6.14. The Hall–Kier alpha value is -4.77. The van der Waals surface area contributed by atoms with Gasteiger partial charge in [0.2, 0.25) is 5.71 Å². The largest absolute Gasteiger partial charge is 0.512 e. The van der Waals surface area contributed by atoms with Crippen LogP contribution in [0.3, 0.4) is 0 Å². The van der Waals surface area contributed by atoms with Crippen molar-refractivity contribution < 1.29 is 38.8 Å². The number of rotatable bonds is 4. The molecule has 7 aromatic rings. The fourth-order valence-electron chi connectivity index (χ4n) is 5.44. The summed E-state index contributed by atoms with van der Waals surface area (Å²) >= 11 is 0. The molecule has 0 bridgehead atoms. The smallest absolute Gasteiger partial charge is 0.217 e. The van der Waals surface area contributed by atoms with Crippen LogP contribution in [-0.4, -0.2) is 15.9 Å². The fourth-order valence-corrected chi connectivity index (χ4v) is 5.44. The molecule has 4 aromatic carbocycles. The second-order valence-electron chi connectivity index (χ2n) is 10.6. The molecule has 3 heterocycles. The van der Waals surface area contributed by atoms with E-state index in [9.17, 15) is 4.79 Å². The number of ketones is 1. The van der Waals surface area contributed by atoms with Gasteiger partial charge in [0, 0.05) is 42.5 Å². The predicted octanol–water partition coefficient (Wildman–Crippen LogP) is 10.2. The number of hydrogen-bond acceptors (Lipinski definition) is 5. The zero-order valence-electron chi connectivity index (χ0n) is 24.8. The Morgan fingerprint density at radius 2 is 1.52 bits per heavy atom. The van der Waals surface area contributed by atoms with Crippen LogP contribution in [0.25, 0.3) is 66.7 Å². The molecule has 0 amide bonds. The number of nitrogens with zero attached hydrogens (tertiary/aromatic N) is 1. The van der Waals surface area contributed by atoms with E-state index in [-0.39, 0.29) is 31.6 Å². The van der Waals surface area contributed by atoms with Crippen molar-refractivity contribution in [2.45, 2.75) is 27.7 Å². The summed E-state index contributed by atoms with van der Waals surface area (Å²) in [6, 6.07) is 36.4. The number of para-hydroxylation sites is 1. The summed E-state index contributed by atoms with van der Waals surface area (Å²) in [4.78, 5) is 14.9. The van der Waals surface area contributed by atoms with E-state index in [1.165, 1.54) is 42.2 Å². The topological polar surface area (TPSA) is 76.5 Å². The average Bonchev–Trinajstić information content (AvgIpc) is 3.58. The van der Waals surface area contributed by atoms with Gasteiger partial charge in [-0.3, -0.25) is 9.78 Å². The minimum Gasteiger partial charge on any atom is -0.512 e. The standard InChI is InChI=1S/C33H22NO2.C5H8O2.Ir/c1-20-7-5-8-21(2)31(20)23-15-13-22(14-16-23)30-19-24-17-18-28(34-33(24)36-30)27-11-6-10-26-25-9-3-4-12-29(25)35-32(26)27;1-4(6)3-5(2)7;/h3-10,12-19H,1-2H3;3,6H,1-2H3;/q-1;;/b;4-3-;. The van der Waals surface area contributed by atoms with E-state index in [1.807, 2.05) is 48.5 Å². The van der Waals surface area contributed by atoms with E-state index in [1.54, 1.807) is 0 Å². The van der Waals surface area contributed by atoms with Crippen LogP contribution in [0.5, 0.6) is 0 Å². The van der Waals surface area contributed by atoms with Crippen LogP contribution in [0.4, 0.5) is 0 Å². The van der Waals surface area contributed by atoms with Crippen LogP contribution in [0, 0.1) is 19.9 Å². The number of benzene rings is 4. The number of furan rings is 2. The SMILES string of the molecule is CC(=O)/C=C(/C)O.Cc1cccc(C)c1-c1ccc(-c2cc3ccc(-c4[c-]ccc5c4oc4ccccc45)nc3o2)cc1.[Ir]. The molecule has 1 N–H and O–H groups in total. The summed E-state index contributed by atoms with van der Waals surface area (Å²) in [6.07, 6.45) is 1.17. The third-order valence-corrected chi connectivity index (χ3v) is 7.33. The summed E-state index contributed by atoms with van der Waals surface area (Å²) in [5.74, 6) is 0.737. The molecule has 6 heteroatoms. The summed E-state index contributed by atoms with van der Waals surface area (Å²) in [5, 5.41) is 11.5. The van der Waals surface area contributed by atoms with Gasteiger partial charge < -0.3 is 13.9 Å².